The van der Waals surface area contributed by atoms with Gasteiger partial charge in [-0.15, -0.1) is 0 Å². The highest BCUT2D eigenvalue weighted by molar-refractivity contribution is 5.44. The molecule has 0 N–H and O–H groups in total. The molecule has 1 heterocycles. The maximum absolute atomic E-state index is 5.37. The van der Waals surface area contributed by atoms with E-state index in [9.17, 15) is 0 Å². The lowest BCUT2D eigenvalue weighted by Crippen LogP contribution is -2.41. The molecule has 4 heteroatoms. The maximum atomic E-state index is 5.37. The van der Waals surface area contributed by atoms with Crippen molar-refractivity contribution in [1.82, 2.24) is 9.80 Å². The van der Waals surface area contributed by atoms with Crippen LogP contribution in [0, 0.1) is 0 Å². The molecule has 1 aromatic rings. The fourth-order valence-electron chi connectivity index (χ4n) is 2.38. The second kappa shape index (κ2) is 8.25. The molecule has 2 rings (SSSR count). The van der Waals surface area contributed by atoms with E-state index in [0.717, 1.165) is 52.5 Å². The average molecular weight is 277 g/mol. The summed E-state index contributed by atoms with van der Waals surface area (Å²) in [6, 6.07) is 10.6. The molecule has 0 aliphatic carbocycles. The van der Waals surface area contributed by atoms with Crippen molar-refractivity contribution >= 4 is 5.69 Å². The van der Waals surface area contributed by atoms with Gasteiger partial charge in [-0.3, -0.25) is 4.90 Å². The summed E-state index contributed by atoms with van der Waals surface area (Å²) >= 11 is 0. The summed E-state index contributed by atoms with van der Waals surface area (Å²) in [6.07, 6.45) is 0. The standard InChI is InChI=1S/C16H27N3O/c1-17(9-11-19-12-14-20-15-13-19)8-10-18(2)16-6-4-3-5-7-16/h3-7H,8-15H2,1-2H3. The van der Waals surface area contributed by atoms with Gasteiger partial charge in [-0.2, -0.15) is 0 Å². The minimum atomic E-state index is 0.889. The summed E-state index contributed by atoms with van der Waals surface area (Å²) < 4.78 is 5.37. The molecule has 0 amide bonds. The predicted octanol–water partition coefficient (Wildman–Crippen LogP) is 1.39. The van der Waals surface area contributed by atoms with Crippen LogP contribution in [0.15, 0.2) is 30.3 Å². The molecule has 1 aromatic carbocycles. The van der Waals surface area contributed by atoms with E-state index < -0.39 is 0 Å². The van der Waals surface area contributed by atoms with E-state index in [1.165, 1.54) is 5.69 Å². The van der Waals surface area contributed by atoms with Gasteiger partial charge in [0, 0.05) is 52.0 Å². The highest BCUT2D eigenvalue weighted by atomic mass is 16.5. The quantitative estimate of drug-likeness (QED) is 0.749. The van der Waals surface area contributed by atoms with E-state index in [0.29, 0.717) is 0 Å². The molecule has 1 aliphatic rings. The van der Waals surface area contributed by atoms with Gasteiger partial charge in [-0.05, 0) is 19.2 Å². The summed E-state index contributed by atoms with van der Waals surface area (Å²) in [6.45, 7) is 8.37. The Kier molecular flexibility index (Phi) is 6.30. The van der Waals surface area contributed by atoms with Crippen molar-refractivity contribution in [1.29, 1.82) is 0 Å². The van der Waals surface area contributed by atoms with Gasteiger partial charge in [0.2, 0.25) is 0 Å². The number of likely N-dealkylation sites (N-methyl/N-ethyl adjacent to an activating group) is 2. The summed E-state index contributed by atoms with van der Waals surface area (Å²) in [5, 5.41) is 0. The molecule has 0 saturated carbocycles. The summed E-state index contributed by atoms with van der Waals surface area (Å²) in [4.78, 5) is 7.21. The van der Waals surface area contributed by atoms with Crippen LogP contribution in [-0.2, 0) is 4.74 Å². The molecular formula is C16H27N3O. The normalized spacial score (nSPS) is 16.6. The third-order valence-corrected chi connectivity index (χ3v) is 3.92. The van der Waals surface area contributed by atoms with E-state index in [1.807, 2.05) is 0 Å². The first-order chi connectivity index (χ1) is 9.75. The van der Waals surface area contributed by atoms with Crippen LogP contribution in [0.5, 0.6) is 0 Å². The lowest BCUT2D eigenvalue weighted by Gasteiger charge is -2.29. The molecule has 0 spiro atoms. The minimum Gasteiger partial charge on any atom is -0.379 e. The van der Waals surface area contributed by atoms with Gasteiger partial charge in [0.25, 0.3) is 0 Å². The largest absolute Gasteiger partial charge is 0.379 e. The van der Waals surface area contributed by atoms with Gasteiger partial charge >= 0.3 is 0 Å². The number of hydrogen-bond acceptors (Lipinski definition) is 4. The maximum Gasteiger partial charge on any atom is 0.0594 e. The Balaban J connectivity index is 1.63. The van der Waals surface area contributed by atoms with Crippen molar-refractivity contribution in [3.05, 3.63) is 30.3 Å². The molecule has 4 nitrogen and oxygen atoms in total. The third kappa shape index (κ3) is 5.12. The second-order valence-electron chi connectivity index (χ2n) is 5.51. The SMILES string of the molecule is CN(CCN1CCOCC1)CCN(C)c1ccccc1. The van der Waals surface area contributed by atoms with Crippen molar-refractivity contribution < 1.29 is 4.74 Å². The van der Waals surface area contributed by atoms with Crippen LogP contribution >= 0.6 is 0 Å². The molecule has 0 unspecified atom stereocenters. The first kappa shape index (κ1) is 15.3. The van der Waals surface area contributed by atoms with E-state index in [2.05, 4.69) is 59.1 Å². The first-order valence-electron chi connectivity index (χ1n) is 7.50. The second-order valence-corrected chi connectivity index (χ2v) is 5.51. The van der Waals surface area contributed by atoms with Crippen LogP contribution in [-0.4, -0.2) is 76.4 Å². The molecule has 0 bridgehead atoms. The lowest BCUT2D eigenvalue weighted by molar-refractivity contribution is 0.0346. The van der Waals surface area contributed by atoms with Crippen LogP contribution in [0.1, 0.15) is 0 Å². The number of benzene rings is 1. The van der Waals surface area contributed by atoms with Gasteiger partial charge in [-0.25, -0.2) is 0 Å². The smallest absolute Gasteiger partial charge is 0.0594 e. The number of nitrogens with zero attached hydrogens (tertiary/aromatic N) is 3. The summed E-state index contributed by atoms with van der Waals surface area (Å²) in [5.41, 5.74) is 1.29. The molecule has 1 saturated heterocycles. The van der Waals surface area contributed by atoms with Gasteiger partial charge < -0.3 is 14.5 Å². The van der Waals surface area contributed by atoms with Crippen molar-refractivity contribution in [2.24, 2.45) is 0 Å². The number of rotatable bonds is 7. The van der Waals surface area contributed by atoms with Crippen molar-refractivity contribution in [3.8, 4) is 0 Å². The Bertz CT molecular complexity index is 365. The minimum absolute atomic E-state index is 0.889. The third-order valence-electron chi connectivity index (χ3n) is 3.92. The summed E-state index contributed by atoms with van der Waals surface area (Å²) in [7, 11) is 4.37. The average Bonchev–Trinajstić information content (AvgIpc) is 2.52. The molecule has 1 fully saturated rings. The van der Waals surface area contributed by atoms with Crippen molar-refractivity contribution in [2.75, 3.05) is 71.5 Å². The molecule has 1 aliphatic heterocycles. The monoisotopic (exact) mass is 277 g/mol. The number of para-hydroxylation sites is 1. The van der Waals surface area contributed by atoms with Gasteiger partial charge in [0.1, 0.15) is 0 Å². The Hall–Kier alpha value is -1.10. The zero-order valence-electron chi connectivity index (χ0n) is 12.8. The Labute approximate surface area is 122 Å². The molecule has 0 atom stereocenters. The Morgan fingerprint density at radius 2 is 1.70 bits per heavy atom. The summed E-state index contributed by atoms with van der Waals surface area (Å²) in [5.74, 6) is 0. The van der Waals surface area contributed by atoms with Crippen LogP contribution in [0.3, 0.4) is 0 Å². The highest BCUT2D eigenvalue weighted by Gasteiger charge is 2.11. The van der Waals surface area contributed by atoms with Gasteiger partial charge in [0.05, 0.1) is 13.2 Å². The Morgan fingerprint density at radius 3 is 2.40 bits per heavy atom. The molecule has 20 heavy (non-hydrogen) atoms. The number of anilines is 1. The Morgan fingerprint density at radius 1 is 1.00 bits per heavy atom. The van der Waals surface area contributed by atoms with Gasteiger partial charge in [-0.1, -0.05) is 18.2 Å². The van der Waals surface area contributed by atoms with E-state index in [4.69, 9.17) is 4.74 Å². The lowest BCUT2D eigenvalue weighted by atomic mass is 10.3. The zero-order chi connectivity index (χ0) is 14.2. The number of morpholine rings is 1. The van der Waals surface area contributed by atoms with E-state index in [-0.39, 0.29) is 0 Å². The highest BCUT2D eigenvalue weighted by Crippen LogP contribution is 2.10. The van der Waals surface area contributed by atoms with Crippen LogP contribution < -0.4 is 4.90 Å². The molecular weight excluding hydrogens is 250 g/mol. The number of hydrogen-bond donors (Lipinski definition) is 0. The fourth-order valence-corrected chi connectivity index (χ4v) is 2.38. The predicted molar refractivity (Wildman–Crippen MR) is 84.5 cm³/mol. The van der Waals surface area contributed by atoms with Crippen molar-refractivity contribution in [2.45, 2.75) is 0 Å². The number of ether oxygens (including phenoxy) is 1. The van der Waals surface area contributed by atoms with Gasteiger partial charge in [0.15, 0.2) is 0 Å². The van der Waals surface area contributed by atoms with Crippen LogP contribution in [0.2, 0.25) is 0 Å². The van der Waals surface area contributed by atoms with Crippen molar-refractivity contribution in [3.63, 3.8) is 0 Å². The molecule has 112 valence electrons. The fraction of sp³-hybridized carbons (Fsp3) is 0.625. The van der Waals surface area contributed by atoms with E-state index in [1.54, 1.807) is 0 Å². The topological polar surface area (TPSA) is 19.0 Å². The molecule has 0 aromatic heterocycles. The van der Waals surface area contributed by atoms with E-state index >= 15 is 0 Å². The van der Waals surface area contributed by atoms with Crippen LogP contribution in [0.4, 0.5) is 5.69 Å². The zero-order valence-corrected chi connectivity index (χ0v) is 12.8. The van der Waals surface area contributed by atoms with Crippen LogP contribution in [0.25, 0.3) is 0 Å². The molecule has 0 radical (unpaired) electrons. The first-order valence-corrected chi connectivity index (χ1v) is 7.50.